The summed E-state index contributed by atoms with van der Waals surface area (Å²) in [5.41, 5.74) is 1.11. The highest BCUT2D eigenvalue weighted by atomic mass is 16.8. The van der Waals surface area contributed by atoms with Crippen LogP contribution in [-0.2, 0) is 25.6 Å². The summed E-state index contributed by atoms with van der Waals surface area (Å²) in [4.78, 5) is 0. The third-order valence-electron chi connectivity index (χ3n) is 4.53. The smallest absolute Gasteiger partial charge is 0.190 e. The molecule has 4 atom stereocenters. The third-order valence-corrected chi connectivity index (χ3v) is 4.53. The van der Waals surface area contributed by atoms with Crippen LogP contribution in [0.4, 0.5) is 0 Å². The predicted octanol–water partition coefficient (Wildman–Crippen LogP) is 3.53. The van der Waals surface area contributed by atoms with Gasteiger partial charge in [-0.2, -0.15) is 0 Å². The quantitative estimate of drug-likeness (QED) is 0.792. The molecule has 2 aliphatic heterocycles. The molecule has 0 N–H and O–H groups in total. The van der Waals surface area contributed by atoms with Crippen molar-refractivity contribution >= 4 is 0 Å². The van der Waals surface area contributed by atoms with Gasteiger partial charge in [-0.15, -0.1) is 0 Å². The van der Waals surface area contributed by atoms with Crippen molar-refractivity contribution in [2.24, 2.45) is 0 Å². The Morgan fingerprint density at radius 3 is 2.35 bits per heavy atom. The number of ether oxygens (including phenoxy) is 5. The van der Waals surface area contributed by atoms with E-state index in [4.69, 9.17) is 23.7 Å². The van der Waals surface area contributed by atoms with Crippen LogP contribution in [0.15, 0.2) is 60.7 Å². The van der Waals surface area contributed by atoms with Gasteiger partial charge in [-0.3, -0.25) is 0 Å². The summed E-state index contributed by atoms with van der Waals surface area (Å²) in [7, 11) is 0. The van der Waals surface area contributed by atoms with Crippen LogP contribution in [0.5, 0.6) is 5.75 Å². The zero-order valence-electron chi connectivity index (χ0n) is 15.0. The topological polar surface area (TPSA) is 46.2 Å². The molecule has 0 radical (unpaired) electrons. The minimum atomic E-state index is -0.672. The second-order valence-corrected chi connectivity index (χ2v) is 7.03. The number of fused-ring (bicyclic) bond motifs is 1. The Morgan fingerprint density at radius 1 is 0.923 bits per heavy atom. The largest absolute Gasteiger partial charge is 0.491 e. The van der Waals surface area contributed by atoms with Gasteiger partial charge >= 0.3 is 0 Å². The summed E-state index contributed by atoms with van der Waals surface area (Å²) in [6, 6.07) is 19.8. The van der Waals surface area contributed by atoms with Gasteiger partial charge in [0.2, 0.25) is 0 Å². The van der Waals surface area contributed by atoms with Gasteiger partial charge in [0.1, 0.15) is 30.7 Å². The normalized spacial score (nSPS) is 29.5. The SMILES string of the molecule is CC1(C)OC2O[C@H](COc3ccccc3)[C@H](OCc3ccccc3)[C@H]2O1. The zero-order chi connectivity index (χ0) is 18.0. The Morgan fingerprint density at radius 2 is 1.62 bits per heavy atom. The molecule has 138 valence electrons. The Balaban J connectivity index is 1.43. The first-order valence-electron chi connectivity index (χ1n) is 8.95. The van der Waals surface area contributed by atoms with Crippen LogP contribution in [0, 0.1) is 0 Å². The number of hydrogen-bond donors (Lipinski definition) is 0. The van der Waals surface area contributed by atoms with E-state index in [1.54, 1.807) is 0 Å². The van der Waals surface area contributed by atoms with Crippen molar-refractivity contribution in [3.63, 3.8) is 0 Å². The van der Waals surface area contributed by atoms with Crippen LogP contribution < -0.4 is 4.74 Å². The molecule has 1 unspecified atom stereocenters. The fourth-order valence-corrected chi connectivity index (χ4v) is 3.34. The van der Waals surface area contributed by atoms with Gasteiger partial charge in [0, 0.05) is 0 Å². The molecule has 26 heavy (non-hydrogen) atoms. The van der Waals surface area contributed by atoms with E-state index in [1.807, 2.05) is 74.5 Å². The van der Waals surface area contributed by atoms with E-state index in [0.29, 0.717) is 13.2 Å². The lowest BCUT2D eigenvalue weighted by Crippen LogP contribution is -2.39. The molecule has 0 aromatic heterocycles. The van der Waals surface area contributed by atoms with Gasteiger partial charge in [0.05, 0.1) is 6.61 Å². The van der Waals surface area contributed by atoms with E-state index < -0.39 is 12.1 Å². The molecule has 0 bridgehead atoms. The lowest BCUT2D eigenvalue weighted by atomic mass is 10.1. The van der Waals surface area contributed by atoms with Crippen LogP contribution in [-0.4, -0.2) is 37.0 Å². The van der Waals surface area contributed by atoms with Crippen molar-refractivity contribution in [2.45, 2.75) is 50.8 Å². The van der Waals surface area contributed by atoms with E-state index >= 15 is 0 Å². The van der Waals surface area contributed by atoms with Gasteiger partial charge in [0.25, 0.3) is 0 Å². The molecule has 0 aliphatic carbocycles. The lowest BCUT2D eigenvalue weighted by Gasteiger charge is -2.26. The predicted molar refractivity (Wildman–Crippen MR) is 95.7 cm³/mol. The maximum absolute atomic E-state index is 6.19. The summed E-state index contributed by atoms with van der Waals surface area (Å²) in [5, 5.41) is 0. The van der Waals surface area contributed by atoms with E-state index in [1.165, 1.54) is 0 Å². The molecule has 2 aromatic carbocycles. The maximum atomic E-state index is 6.19. The standard InChI is InChI=1S/C21H24O5/c1-21(2)25-19-18(23-13-15-9-5-3-6-10-15)17(24-20(19)26-21)14-22-16-11-7-4-8-12-16/h3-12,17-20H,13-14H2,1-2H3/t17-,18+,19-,20?/m1/s1. The van der Waals surface area contributed by atoms with Crippen LogP contribution in [0.1, 0.15) is 19.4 Å². The molecule has 2 heterocycles. The summed E-state index contributed by atoms with van der Waals surface area (Å²) in [5.74, 6) is 0.131. The van der Waals surface area contributed by atoms with Crippen LogP contribution >= 0.6 is 0 Å². The molecule has 2 saturated heterocycles. The highest BCUT2D eigenvalue weighted by Gasteiger charge is 2.55. The molecular formula is C21H24O5. The lowest BCUT2D eigenvalue weighted by molar-refractivity contribution is -0.221. The molecule has 0 spiro atoms. The van der Waals surface area contributed by atoms with Gasteiger partial charge in [-0.05, 0) is 31.5 Å². The Bertz CT molecular complexity index is 703. The van der Waals surface area contributed by atoms with E-state index in [2.05, 4.69) is 0 Å². The first kappa shape index (κ1) is 17.5. The maximum Gasteiger partial charge on any atom is 0.190 e. The van der Waals surface area contributed by atoms with Crippen LogP contribution in [0.3, 0.4) is 0 Å². The molecule has 5 nitrogen and oxygen atoms in total. The average molecular weight is 356 g/mol. The third kappa shape index (κ3) is 3.91. The van der Waals surface area contributed by atoms with Crippen molar-refractivity contribution < 1.29 is 23.7 Å². The van der Waals surface area contributed by atoms with Crippen molar-refractivity contribution in [3.05, 3.63) is 66.2 Å². The molecule has 4 rings (SSSR count). The van der Waals surface area contributed by atoms with Crippen molar-refractivity contribution in [1.29, 1.82) is 0 Å². The summed E-state index contributed by atoms with van der Waals surface area (Å²) < 4.78 is 30.0. The summed E-state index contributed by atoms with van der Waals surface area (Å²) >= 11 is 0. The Hall–Kier alpha value is -1.92. The van der Waals surface area contributed by atoms with Crippen LogP contribution in [0.2, 0.25) is 0 Å². The molecular weight excluding hydrogens is 332 g/mol. The first-order valence-corrected chi connectivity index (χ1v) is 8.95. The molecule has 2 fully saturated rings. The first-order chi connectivity index (χ1) is 12.6. The van der Waals surface area contributed by atoms with Gasteiger partial charge in [-0.25, -0.2) is 0 Å². The number of benzene rings is 2. The highest BCUT2D eigenvalue weighted by Crippen LogP contribution is 2.39. The summed E-state index contributed by atoms with van der Waals surface area (Å²) in [6.45, 7) is 4.64. The van der Waals surface area contributed by atoms with Gasteiger partial charge in [0.15, 0.2) is 12.1 Å². The molecule has 2 aromatic rings. The Kier molecular flexibility index (Phi) is 4.96. The number of hydrogen-bond acceptors (Lipinski definition) is 5. The summed E-state index contributed by atoms with van der Waals surface area (Å²) in [6.07, 6.45) is -1.22. The number of rotatable bonds is 6. The highest BCUT2D eigenvalue weighted by molar-refractivity contribution is 5.21. The second kappa shape index (κ2) is 7.37. The Labute approximate surface area is 153 Å². The monoisotopic (exact) mass is 356 g/mol. The minimum absolute atomic E-state index is 0.259. The van der Waals surface area contributed by atoms with E-state index in [9.17, 15) is 0 Å². The van der Waals surface area contributed by atoms with Crippen molar-refractivity contribution in [3.8, 4) is 5.75 Å². The van der Waals surface area contributed by atoms with E-state index in [-0.39, 0.29) is 18.3 Å². The molecule has 0 saturated carbocycles. The van der Waals surface area contributed by atoms with Crippen molar-refractivity contribution in [2.75, 3.05) is 6.61 Å². The van der Waals surface area contributed by atoms with Gasteiger partial charge < -0.3 is 23.7 Å². The second-order valence-electron chi connectivity index (χ2n) is 7.03. The minimum Gasteiger partial charge on any atom is -0.491 e. The zero-order valence-corrected chi connectivity index (χ0v) is 15.0. The number of para-hydroxylation sites is 1. The molecule has 5 heteroatoms. The van der Waals surface area contributed by atoms with Gasteiger partial charge in [-0.1, -0.05) is 48.5 Å². The van der Waals surface area contributed by atoms with Crippen LogP contribution in [0.25, 0.3) is 0 Å². The average Bonchev–Trinajstić information content (AvgIpc) is 3.11. The van der Waals surface area contributed by atoms with E-state index in [0.717, 1.165) is 11.3 Å². The molecule has 0 amide bonds. The fourth-order valence-electron chi connectivity index (χ4n) is 3.34. The molecule has 2 aliphatic rings. The van der Waals surface area contributed by atoms with Crippen molar-refractivity contribution in [1.82, 2.24) is 0 Å². The fraction of sp³-hybridized carbons (Fsp3) is 0.429.